The number of hydrogen-bond donors (Lipinski definition) is 1. The molecule has 0 amide bonds. The zero-order valence-corrected chi connectivity index (χ0v) is 15.0. The van der Waals surface area contributed by atoms with Crippen LogP contribution in [0.25, 0.3) is 10.9 Å². The fourth-order valence-corrected chi connectivity index (χ4v) is 2.94. The van der Waals surface area contributed by atoms with E-state index in [2.05, 4.69) is 4.98 Å². The topological polar surface area (TPSA) is 59.2 Å². The summed E-state index contributed by atoms with van der Waals surface area (Å²) in [5.41, 5.74) is 3.95. The number of aromatic amines is 1. The smallest absolute Gasteiger partial charge is 0.338 e. The lowest BCUT2D eigenvalue weighted by molar-refractivity contribution is 0.0319. The first-order chi connectivity index (χ1) is 11.9. The Morgan fingerprint density at radius 2 is 1.84 bits per heavy atom. The Kier molecular flexibility index (Phi) is 4.64. The van der Waals surface area contributed by atoms with Crippen molar-refractivity contribution in [3.8, 4) is 0 Å². The second kappa shape index (κ2) is 6.73. The van der Waals surface area contributed by atoms with Crippen LogP contribution in [0.15, 0.2) is 42.5 Å². The molecule has 25 heavy (non-hydrogen) atoms. The molecule has 3 rings (SSSR count). The number of hydrogen-bond acceptors (Lipinski definition) is 3. The quantitative estimate of drug-likeness (QED) is 0.536. The molecule has 0 fully saturated rings. The number of esters is 1. The van der Waals surface area contributed by atoms with Crippen molar-refractivity contribution in [3.05, 3.63) is 69.9 Å². The van der Waals surface area contributed by atoms with E-state index in [4.69, 9.17) is 16.3 Å². The number of rotatable bonds is 4. The Morgan fingerprint density at radius 3 is 2.56 bits per heavy atom. The van der Waals surface area contributed by atoms with Crippen LogP contribution >= 0.6 is 11.6 Å². The molecule has 2 aromatic carbocycles. The normalized spacial score (nSPS) is 12.2. The van der Waals surface area contributed by atoms with Gasteiger partial charge in [0.1, 0.15) is 0 Å². The molecule has 0 aliphatic carbocycles. The number of carbonyl (C=O) groups excluding carboxylic acids is 2. The van der Waals surface area contributed by atoms with Gasteiger partial charge in [-0.2, -0.15) is 0 Å². The van der Waals surface area contributed by atoms with Gasteiger partial charge in [-0.3, -0.25) is 4.79 Å². The average molecular weight is 356 g/mol. The maximum atomic E-state index is 12.4. The van der Waals surface area contributed by atoms with Gasteiger partial charge in [0.05, 0.1) is 5.56 Å². The van der Waals surface area contributed by atoms with E-state index in [0.29, 0.717) is 16.1 Å². The number of carbonyl (C=O) groups is 2. The highest BCUT2D eigenvalue weighted by Gasteiger charge is 2.21. The predicted octanol–water partition coefficient (Wildman–Crippen LogP) is 4.87. The van der Waals surface area contributed by atoms with Crippen LogP contribution in [0.5, 0.6) is 0 Å². The molecule has 128 valence electrons. The first kappa shape index (κ1) is 17.2. The van der Waals surface area contributed by atoms with Gasteiger partial charge in [0, 0.05) is 27.2 Å². The maximum Gasteiger partial charge on any atom is 0.338 e. The molecule has 0 saturated heterocycles. The number of Topliss-reactive ketones (excluding diaryl/α,β-unsaturated/α-hetero) is 1. The second-order valence-corrected chi connectivity index (χ2v) is 6.49. The summed E-state index contributed by atoms with van der Waals surface area (Å²) in [6.07, 6.45) is -0.893. The summed E-state index contributed by atoms with van der Waals surface area (Å²) >= 11 is 5.90. The number of ketones is 1. The van der Waals surface area contributed by atoms with Crippen LogP contribution in [0.2, 0.25) is 5.02 Å². The molecule has 5 heteroatoms. The lowest BCUT2D eigenvalue weighted by Gasteiger charge is -2.12. The molecule has 1 heterocycles. The number of halogens is 1. The third-order valence-corrected chi connectivity index (χ3v) is 4.54. The fourth-order valence-electron chi connectivity index (χ4n) is 2.75. The zero-order valence-electron chi connectivity index (χ0n) is 14.2. The van der Waals surface area contributed by atoms with Crippen LogP contribution in [0.4, 0.5) is 0 Å². The molecule has 0 bridgehead atoms. The van der Waals surface area contributed by atoms with Gasteiger partial charge in [-0.15, -0.1) is 0 Å². The minimum absolute atomic E-state index is 0.286. The van der Waals surface area contributed by atoms with Crippen molar-refractivity contribution < 1.29 is 14.3 Å². The summed E-state index contributed by atoms with van der Waals surface area (Å²) < 4.78 is 5.35. The lowest BCUT2D eigenvalue weighted by Crippen LogP contribution is -2.24. The molecular weight excluding hydrogens is 338 g/mol. The fraction of sp³-hybridized carbons (Fsp3) is 0.200. The highest BCUT2D eigenvalue weighted by molar-refractivity contribution is 6.31. The van der Waals surface area contributed by atoms with Crippen molar-refractivity contribution in [2.24, 2.45) is 0 Å². The Morgan fingerprint density at radius 1 is 1.08 bits per heavy atom. The van der Waals surface area contributed by atoms with Gasteiger partial charge < -0.3 is 9.72 Å². The van der Waals surface area contributed by atoms with E-state index in [-0.39, 0.29) is 5.78 Å². The van der Waals surface area contributed by atoms with Crippen LogP contribution in [0.3, 0.4) is 0 Å². The van der Waals surface area contributed by atoms with E-state index in [9.17, 15) is 9.59 Å². The number of benzene rings is 2. The van der Waals surface area contributed by atoms with E-state index in [1.807, 2.05) is 19.9 Å². The molecule has 4 nitrogen and oxygen atoms in total. The van der Waals surface area contributed by atoms with Gasteiger partial charge in [0.25, 0.3) is 0 Å². The van der Waals surface area contributed by atoms with Crippen LogP contribution in [0, 0.1) is 13.8 Å². The molecular formula is C20H18ClNO3. The highest BCUT2D eigenvalue weighted by atomic mass is 35.5. The van der Waals surface area contributed by atoms with Crippen LogP contribution in [-0.4, -0.2) is 22.8 Å². The number of fused-ring (bicyclic) bond motifs is 1. The summed E-state index contributed by atoms with van der Waals surface area (Å²) in [5, 5.41) is 1.44. The van der Waals surface area contributed by atoms with Gasteiger partial charge in [0.2, 0.25) is 5.78 Å². The minimum atomic E-state index is -0.893. The number of nitrogens with one attached hydrogen (secondary N) is 1. The largest absolute Gasteiger partial charge is 0.451 e. The van der Waals surface area contributed by atoms with Gasteiger partial charge in [-0.1, -0.05) is 23.7 Å². The summed E-state index contributed by atoms with van der Waals surface area (Å²) in [4.78, 5) is 28.1. The minimum Gasteiger partial charge on any atom is -0.451 e. The first-order valence-corrected chi connectivity index (χ1v) is 8.34. The Hall–Kier alpha value is -2.59. The molecule has 1 atom stereocenters. The number of H-pyrrole nitrogens is 1. The van der Waals surface area contributed by atoms with Gasteiger partial charge >= 0.3 is 5.97 Å². The van der Waals surface area contributed by atoms with E-state index in [1.165, 1.54) is 0 Å². The van der Waals surface area contributed by atoms with Crippen molar-refractivity contribution >= 4 is 34.3 Å². The van der Waals surface area contributed by atoms with Crippen molar-refractivity contribution in [3.63, 3.8) is 0 Å². The lowest BCUT2D eigenvalue weighted by atomic mass is 10.1. The van der Waals surface area contributed by atoms with E-state index < -0.39 is 12.1 Å². The maximum absolute atomic E-state index is 12.4. The molecule has 1 N–H and O–H groups in total. The number of aromatic nitrogens is 1. The standard InChI is InChI=1S/C20H18ClNO3/c1-11-12(2)22-18-8-7-15(10-17(11)18)20(24)25-13(3)19(23)14-5-4-6-16(21)9-14/h4-10,13,22H,1-3H3/t13-/m0/s1. The van der Waals surface area contributed by atoms with Crippen molar-refractivity contribution in [2.45, 2.75) is 26.9 Å². The SMILES string of the molecule is Cc1[nH]c2ccc(C(=O)O[C@@H](C)C(=O)c3cccc(Cl)c3)cc2c1C. The summed E-state index contributed by atoms with van der Waals surface area (Å²) in [5.74, 6) is -0.811. The van der Waals surface area contributed by atoms with Gasteiger partial charge in [-0.25, -0.2) is 4.79 Å². The number of aryl methyl sites for hydroxylation is 2. The monoisotopic (exact) mass is 355 g/mol. The summed E-state index contributed by atoms with van der Waals surface area (Å²) in [6, 6.07) is 11.9. The van der Waals surface area contributed by atoms with E-state index in [0.717, 1.165) is 22.2 Å². The van der Waals surface area contributed by atoms with Crippen LogP contribution < -0.4 is 0 Å². The van der Waals surface area contributed by atoms with Crippen LogP contribution in [-0.2, 0) is 4.74 Å². The third-order valence-electron chi connectivity index (χ3n) is 4.31. The molecule has 3 aromatic rings. The Balaban J connectivity index is 1.79. The van der Waals surface area contributed by atoms with Crippen molar-refractivity contribution in [2.75, 3.05) is 0 Å². The number of ether oxygens (including phenoxy) is 1. The Labute approximate surface area is 150 Å². The van der Waals surface area contributed by atoms with Crippen molar-refractivity contribution in [1.29, 1.82) is 0 Å². The van der Waals surface area contributed by atoms with E-state index >= 15 is 0 Å². The molecule has 0 saturated carbocycles. The first-order valence-electron chi connectivity index (χ1n) is 7.96. The molecule has 0 aliphatic rings. The second-order valence-electron chi connectivity index (χ2n) is 6.06. The predicted molar refractivity (Wildman–Crippen MR) is 98.4 cm³/mol. The zero-order chi connectivity index (χ0) is 18.1. The molecule has 0 radical (unpaired) electrons. The summed E-state index contributed by atoms with van der Waals surface area (Å²) in [7, 11) is 0. The molecule has 0 aliphatic heterocycles. The van der Waals surface area contributed by atoms with Crippen molar-refractivity contribution in [1.82, 2.24) is 4.98 Å². The van der Waals surface area contributed by atoms with Crippen LogP contribution in [0.1, 0.15) is 38.9 Å². The highest BCUT2D eigenvalue weighted by Crippen LogP contribution is 2.23. The summed E-state index contributed by atoms with van der Waals surface area (Å²) in [6.45, 7) is 5.54. The van der Waals surface area contributed by atoms with E-state index in [1.54, 1.807) is 43.3 Å². The average Bonchev–Trinajstić information content (AvgIpc) is 2.88. The van der Waals surface area contributed by atoms with Gasteiger partial charge in [-0.05, 0) is 56.7 Å². The Bertz CT molecular complexity index is 974. The molecule has 0 unspecified atom stereocenters. The third kappa shape index (κ3) is 3.44. The van der Waals surface area contributed by atoms with Gasteiger partial charge in [0.15, 0.2) is 6.10 Å². The molecule has 0 spiro atoms. The molecule has 1 aromatic heterocycles.